The molecule has 0 nitrogen and oxygen atoms in total. The molecule has 0 amide bonds. The summed E-state index contributed by atoms with van der Waals surface area (Å²) in [7, 11) is 0.0417. The minimum Gasteiger partial charge on any atom is -0.0931 e. The molecule has 1 aromatic carbocycles. The molecule has 0 N–H and O–H groups in total. The van der Waals surface area contributed by atoms with Crippen molar-refractivity contribution in [3.8, 4) is 0 Å². The first-order chi connectivity index (χ1) is 4.93. The van der Waals surface area contributed by atoms with Crippen molar-refractivity contribution < 1.29 is 0 Å². The van der Waals surface area contributed by atoms with E-state index in [-0.39, 0.29) is 9.52 Å². The van der Waals surface area contributed by atoms with Crippen molar-refractivity contribution in [1.82, 2.24) is 0 Å². The van der Waals surface area contributed by atoms with E-state index in [1.54, 1.807) is 5.19 Å². The molecule has 0 aliphatic heterocycles. The molecular formula is C8H11BrSi. The summed E-state index contributed by atoms with van der Waals surface area (Å²) < 4.78 is 0. The molecule has 0 saturated carbocycles. The van der Waals surface area contributed by atoms with E-state index in [2.05, 4.69) is 46.3 Å². The van der Waals surface area contributed by atoms with Crippen LogP contribution in [0.5, 0.6) is 0 Å². The van der Waals surface area contributed by atoms with E-state index in [4.69, 9.17) is 0 Å². The Labute approximate surface area is 72.6 Å². The van der Waals surface area contributed by atoms with Gasteiger partial charge in [-0.2, -0.15) is 0 Å². The summed E-state index contributed by atoms with van der Waals surface area (Å²) >= 11 is 3.44. The lowest BCUT2D eigenvalue weighted by Crippen LogP contribution is -2.12. The van der Waals surface area contributed by atoms with Gasteiger partial charge in [0.15, 0.2) is 0 Å². The Morgan fingerprint density at radius 3 is 2.50 bits per heavy atom. The van der Waals surface area contributed by atoms with Crippen LogP contribution in [0.25, 0.3) is 0 Å². The SMILES string of the molecule is BrCC[SiH2]c1ccccc1. The van der Waals surface area contributed by atoms with Crippen molar-refractivity contribution in [1.29, 1.82) is 0 Å². The van der Waals surface area contributed by atoms with Crippen LogP contribution in [0.4, 0.5) is 0 Å². The zero-order valence-electron chi connectivity index (χ0n) is 5.89. The van der Waals surface area contributed by atoms with Crippen LogP contribution in [0.2, 0.25) is 6.04 Å². The first-order valence-electron chi connectivity index (χ1n) is 3.53. The normalized spacial score (nSPS) is 10.9. The van der Waals surface area contributed by atoms with Crippen LogP contribution < -0.4 is 5.19 Å². The van der Waals surface area contributed by atoms with E-state index in [1.807, 2.05) is 0 Å². The summed E-state index contributed by atoms with van der Waals surface area (Å²) in [6.07, 6.45) is 0. The van der Waals surface area contributed by atoms with Crippen LogP contribution in [0.15, 0.2) is 30.3 Å². The van der Waals surface area contributed by atoms with Crippen molar-refractivity contribution in [2.45, 2.75) is 6.04 Å². The van der Waals surface area contributed by atoms with Gasteiger partial charge in [-0.3, -0.25) is 0 Å². The lowest BCUT2D eigenvalue weighted by atomic mass is 10.4. The predicted octanol–water partition coefficient (Wildman–Crippen LogP) is 1.29. The molecule has 0 fully saturated rings. The largest absolute Gasteiger partial charge is 0.0931 e. The highest BCUT2D eigenvalue weighted by Crippen LogP contribution is 1.88. The molecule has 2 heteroatoms. The first-order valence-corrected chi connectivity index (χ1v) is 6.36. The topological polar surface area (TPSA) is 0 Å². The number of halogens is 1. The van der Waals surface area contributed by atoms with Gasteiger partial charge in [0.2, 0.25) is 0 Å². The van der Waals surface area contributed by atoms with Gasteiger partial charge < -0.3 is 0 Å². The molecular weight excluding hydrogens is 204 g/mol. The Balaban J connectivity index is 2.43. The molecule has 10 heavy (non-hydrogen) atoms. The van der Waals surface area contributed by atoms with E-state index in [0.717, 1.165) is 5.33 Å². The molecule has 0 aliphatic carbocycles. The third-order valence-electron chi connectivity index (χ3n) is 1.44. The molecule has 0 atom stereocenters. The molecule has 1 rings (SSSR count). The molecule has 0 aromatic heterocycles. The van der Waals surface area contributed by atoms with Gasteiger partial charge in [0.25, 0.3) is 0 Å². The average Bonchev–Trinajstić information content (AvgIpc) is 2.03. The molecule has 1 aromatic rings. The van der Waals surface area contributed by atoms with E-state index in [9.17, 15) is 0 Å². The molecule has 0 bridgehead atoms. The first kappa shape index (κ1) is 8.02. The second-order valence-corrected chi connectivity index (χ2v) is 5.09. The maximum atomic E-state index is 3.44. The summed E-state index contributed by atoms with van der Waals surface area (Å²) in [5, 5.41) is 2.73. The van der Waals surface area contributed by atoms with E-state index < -0.39 is 0 Å². The number of benzene rings is 1. The summed E-state index contributed by atoms with van der Waals surface area (Å²) in [5.41, 5.74) is 0. The van der Waals surface area contributed by atoms with Gasteiger partial charge >= 0.3 is 0 Å². The van der Waals surface area contributed by atoms with Crippen molar-refractivity contribution in [2.24, 2.45) is 0 Å². The minimum atomic E-state index is 0.0417. The van der Waals surface area contributed by atoms with Gasteiger partial charge in [0.05, 0.1) is 9.52 Å². The van der Waals surface area contributed by atoms with Crippen LogP contribution in [0, 0.1) is 0 Å². The summed E-state index contributed by atoms with van der Waals surface area (Å²) in [6.45, 7) is 0. The minimum absolute atomic E-state index is 0.0417. The zero-order valence-corrected chi connectivity index (χ0v) is 8.89. The molecule has 54 valence electrons. The Hall–Kier alpha value is -0.0831. The Morgan fingerprint density at radius 2 is 1.90 bits per heavy atom. The fourth-order valence-electron chi connectivity index (χ4n) is 0.916. The van der Waals surface area contributed by atoms with Crippen LogP contribution in [0.3, 0.4) is 0 Å². The number of hydrogen-bond acceptors (Lipinski definition) is 0. The van der Waals surface area contributed by atoms with Crippen molar-refractivity contribution in [3.05, 3.63) is 30.3 Å². The molecule has 0 aliphatic rings. The van der Waals surface area contributed by atoms with Gasteiger partial charge in [-0.1, -0.05) is 51.4 Å². The predicted molar refractivity (Wildman–Crippen MR) is 53.2 cm³/mol. The fraction of sp³-hybridized carbons (Fsp3) is 0.250. The Bertz CT molecular complexity index is 174. The van der Waals surface area contributed by atoms with Gasteiger partial charge in [-0.05, 0) is 6.04 Å². The van der Waals surface area contributed by atoms with Crippen LogP contribution in [-0.2, 0) is 0 Å². The third-order valence-corrected chi connectivity index (χ3v) is 4.79. The number of rotatable bonds is 3. The van der Waals surface area contributed by atoms with Gasteiger partial charge in [-0.15, -0.1) is 0 Å². The van der Waals surface area contributed by atoms with Crippen molar-refractivity contribution in [3.63, 3.8) is 0 Å². The number of alkyl halides is 1. The second kappa shape index (κ2) is 4.69. The van der Waals surface area contributed by atoms with Gasteiger partial charge in [0.1, 0.15) is 0 Å². The number of hydrogen-bond donors (Lipinski definition) is 0. The summed E-state index contributed by atoms with van der Waals surface area (Å²) in [4.78, 5) is 0. The van der Waals surface area contributed by atoms with Crippen molar-refractivity contribution in [2.75, 3.05) is 5.33 Å². The van der Waals surface area contributed by atoms with E-state index >= 15 is 0 Å². The summed E-state index contributed by atoms with van der Waals surface area (Å²) in [5.74, 6) is 0. The molecule has 0 saturated heterocycles. The molecule has 0 radical (unpaired) electrons. The molecule has 0 unspecified atom stereocenters. The maximum Gasteiger partial charge on any atom is 0.0555 e. The zero-order chi connectivity index (χ0) is 7.23. The second-order valence-electron chi connectivity index (χ2n) is 2.28. The smallest absolute Gasteiger partial charge is 0.0555 e. The van der Waals surface area contributed by atoms with Crippen LogP contribution in [-0.4, -0.2) is 14.8 Å². The highest BCUT2D eigenvalue weighted by Gasteiger charge is 1.89. The quantitative estimate of drug-likeness (QED) is 0.526. The molecule has 0 spiro atoms. The van der Waals surface area contributed by atoms with Crippen LogP contribution >= 0.6 is 15.9 Å². The summed E-state index contributed by atoms with van der Waals surface area (Å²) in [6, 6.07) is 12.1. The van der Waals surface area contributed by atoms with E-state index in [1.165, 1.54) is 6.04 Å². The lowest BCUT2D eigenvalue weighted by Gasteiger charge is -1.94. The standard InChI is InChI=1S/C8H11BrSi/c9-6-7-10-8-4-2-1-3-5-8/h1-5H,6-7,10H2. The molecule has 0 heterocycles. The van der Waals surface area contributed by atoms with Gasteiger partial charge in [0, 0.05) is 5.33 Å². The average molecular weight is 215 g/mol. The highest BCUT2D eigenvalue weighted by atomic mass is 79.9. The lowest BCUT2D eigenvalue weighted by molar-refractivity contribution is 1.51. The highest BCUT2D eigenvalue weighted by molar-refractivity contribution is 9.09. The van der Waals surface area contributed by atoms with Gasteiger partial charge in [-0.25, -0.2) is 0 Å². The Morgan fingerprint density at radius 1 is 1.20 bits per heavy atom. The maximum absolute atomic E-state index is 3.44. The third kappa shape index (κ3) is 2.67. The Kier molecular flexibility index (Phi) is 3.76. The fourth-order valence-corrected chi connectivity index (χ4v) is 2.90. The van der Waals surface area contributed by atoms with Crippen molar-refractivity contribution >= 4 is 30.6 Å². The monoisotopic (exact) mass is 214 g/mol. The van der Waals surface area contributed by atoms with E-state index in [0.29, 0.717) is 0 Å². The van der Waals surface area contributed by atoms with Crippen LogP contribution in [0.1, 0.15) is 0 Å².